The van der Waals surface area contributed by atoms with Crippen LogP contribution in [0.15, 0.2) is 18.2 Å². The lowest BCUT2D eigenvalue weighted by molar-refractivity contribution is -0.384. The predicted octanol–water partition coefficient (Wildman–Crippen LogP) is 2.43. The molecule has 148 valence electrons. The van der Waals surface area contributed by atoms with E-state index in [1.807, 2.05) is 39.5 Å². The molecule has 27 heavy (non-hydrogen) atoms. The molecule has 0 radical (unpaired) electrons. The Morgan fingerprint density at radius 2 is 1.74 bits per heavy atom. The van der Waals surface area contributed by atoms with Gasteiger partial charge in [0.2, 0.25) is 5.91 Å². The van der Waals surface area contributed by atoms with Crippen LogP contribution in [-0.2, 0) is 4.79 Å². The van der Waals surface area contributed by atoms with Gasteiger partial charge < -0.3 is 15.1 Å². The van der Waals surface area contributed by atoms with Gasteiger partial charge in [-0.2, -0.15) is 0 Å². The van der Waals surface area contributed by atoms with Crippen LogP contribution in [0.2, 0.25) is 0 Å². The molecular weight excluding hydrogens is 348 g/mol. The topological polar surface area (TPSA) is 95.8 Å². The van der Waals surface area contributed by atoms with Gasteiger partial charge in [0.05, 0.1) is 4.92 Å². The minimum Gasteiger partial charge on any atom is -0.362 e. The second-order valence-corrected chi connectivity index (χ2v) is 8.12. The summed E-state index contributed by atoms with van der Waals surface area (Å²) in [7, 11) is 0. The summed E-state index contributed by atoms with van der Waals surface area (Å²) in [5.41, 5.74) is 0.200. The Morgan fingerprint density at radius 3 is 2.22 bits per heavy atom. The Labute approximate surface area is 159 Å². The molecule has 2 amide bonds. The average molecular weight is 376 g/mol. The van der Waals surface area contributed by atoms with Crippen LogP contribution in [-0.4, -0.2) is 53.9 Å². The van der Waals surface area contributed by atoms with Gasteiger partial charge in [-0.25, -0.2) is 0 Å². The smallest absolute Gasteiger partial charge is 0.293 e. The van der Waals surface area contributed by atoms with Gasteiger partial charge in [0.25, 0.3) is 11.6 Å². The van der Waals surface area contributed by atoms with E-state index < -0.39 is 10.3 Å². The first-order chi connectivity index (χ1) is 12.5. The summed E-state index contributed by atoms with van der Waals surface area (Å²) >= 11 is 0. The first-order valence-corrected chi connectivity index (χ1v) is 9.14. The van der Waals surface area contributed by atoms with Crippen molar-refractivity contribution in [1.29, 1.82) is 0 Å². The van der Waals surface area contributed by atoms with E-state index >= 15 is 0 Å². The molecule has 1 saturated heterocycles. The van der Waals surface area contributed by atoms with Crippen LogP contribution < -0.4 is 10.2 Å². The van der Waals surface area contributed by atoms with Crippen LogP contribution in [0, 0.1) is 15.5 Å². The summed E-state index contributed by atoms with van der Waals surface area (Å²) in [5.74, 6) is -0.252. The number of anilines is 1. The normalized spacial score (nSPS) is 15.0. The number of hydrogen-bond donors (Lipinski definition) is 1. The van der Waals surface area contributed by atoms with Crippen molar-refractivity contribution in [2.45, 2.75) is 40.7 Å². The molecule has 1 heterocycles. The molecule has 0 spiro atoms. The summed E-state index contributed by atoms with van der Waals surface area (Å²) in [4.78, 5) is 39.3. The van der Waals surface area contributed by atoms with E-state index in [0.29, 0.717) is 31.9 Å². The second-order valence-electron chi connectivity index (χ2n) is 8.12. The van der Waals surface area contributed by atoms with Gasteiger partial charge in [0.15, 0.2) is 0 Å². The van der Waals surface area contributed by atoms with Crippen LogP contribution in [0.4, 0.5) is 11.4 Å². The molecule has 0 atom stereocenters. The molecule has 8 nitrogen and oxygen atoms in total. The Kier molecular flexibility index (Phi) is 6.08. The van der Waals surface area contributed by atoms with Crippen molar-refractivity contribution in [2.24, 2.45) is 5.41 Å². The van der Waals surface area contributed by atoms with Crippen LogP contribution >= 0.6 is 0 Å². The van der Waals surface area contributed by atoms with Crippen LogP contribution in [0.5, 0.6) is 0 Å². The van der Waals surface area contributed by atoms with Crippen molar-refractivity contribution in [3.05, 3.63) is 33.9 Å². The maximum Gasteiger partial charge on any atom is 0.293 e. The number of carbonyl (C=O) groups is 2. The molecule has 1 aliphatic heterocycles. The van der Waals surface area contributed by atoms with Crippen molar-refractivity contribution >= 4 is 23.2 Å². The van der Waals surface area contributed by atoms with Gasteiger partial charge in [0.1, 0.15) is 5.69 Å². The third kappa shape index (κ3) is 4.96. The molecule has 1 aromatic carbocycles. The highest BCUT2D eigenvalue weighted by molar-refractivity contribution is 5.96. The highest BCUT2D eigenvalue weighted by Gasteiger charge is 2.31. The summed E-state index contributed by atoms with van der Waals surface area (Å²) in [5, 5.41) is 14.3. The van der Waals surface area contributed by atoms with Crippen molar-refractivity contribution < 1.29 is 14.5 Å². The molecule has 1 aliphatic rings. The molecule has 1 fully saturated rings. The van der Waals surface area contributed by atoms with Gasteiger partial charge >= 0.3 is 0 Å². The number of nitrogens with one attached hydrogen (secondary N) is 1. The van der Waals surface area contributed by atoms with Crippen molar-refractivity contribution in [2.75, 3.05) is 31.1 Å². The minimum atomic E-state index is -0.464. The van der Waals surface area contributed by atoms with Gasteiger partial charge in [-0.3, -0.25) is 19.7 Å². The van der Waals surface area contributed by atoms with E-state index in [2.05, 4.69) is 5.32 Å². The Bertz CT molecular complexity index is 732. The van der Waals surface area contributed by atoms with Gasteiger partial charge in [-0.15, -0.1) is 0 Å². The molecule has 0 saturated carbocycles. The number of hydrogen-bond acceptors (Lipinski definition) is 5. The predicted molar refractivity (Wildman–Crippen MR) is 104 cm³/mol. The zero-order chi connectivity index (χ0) is 20.4. The van der Waals surface area contributed by atoms with Crippen molar-refractivity contribution in [1.82, 2.24) is 10.2 Å². The number of rotatable bonds is 4. The molecule has 0 unspecified atom stereocenters. The zero-order valence-electron chi connectivity index (χ0n) is 16.6. The van der Waals surface area contributed by atoms with Crippen LogP contribution in [0.25, 0.3) is 0 Å². The number of benzene rings is 1. The molecule has 1 N–H and O–H groups in total. The third-order valence-electron chi connectivity index (χ3n) is 4.40. The highest BCUT2D eigenvalue weighted by Crippen LogP contribution is 2.30. The molecule has 0 aliphatic carbocycles. The fourth-order valence-corrected chi connectivity index (χ4v) is 3.05. The highest BCUT2D eigenvalue weighted by atomic mass is 16.6. The number of nitro groups is 1. The number of carbonyl (C=O) groups excluding carboxylic acids is 2. The average Bonchev–Trinajstić information content (AvgIpc) is 2.59. The van der Waals surface area contributed by atoms with Crippen LogP contribution in [0.3, 0.4) is 0 Å². The lowest BCUT2D eigenvalue weighted by atomic mass is 9.94. The first-order valence-electron chi connectivity index (χ1n) is 9.14. The van der Waals surface area contributed by atoms with E-state index in [9.17, 15) is 19.7 Å². The van der Waals surface area contributed by atoms with E-state index in [1.165, 1.54) is 6.07 Å². The number of amides is 2. The Hall–Kier alpha value is -2.64. The lowest BCUT2D eigenvalue weighted by Gasteiger charge is -2.38. The Balaban J connectivity index is 2.18. The fourth-order valence-electron chi connectivity index (χ4n) is 3.05. The number of piperazine rings is 1. The summed E-state index contributed by atoms with van der Waals surface area (Å²) in [6.07, 6.45) is 0. The summed E-state index contributed by atoms with van der Waals surface area (Å²) in [6.45, 7) is 11.4. The van der Waals surface area contributed by atoms with E-state index in [1.54, 1.807) is 17.0 Å². The minimum absolute atomic E-state index is 0.0512. The molecular formula is C19H28N4O4. The van der Waals surface area contributed by atoms with Gasteiger partial charge in [-0.1, -0.05) is 20.8 Å². The standard InChI is InChI=1S/C19H28N4O4/c1-13(2)20-17(24)14-6-7-15(16(12-14)23(26)27)21-8-10-22(11-9-21)18(25)19(3,4)5/h6-7,12-13H,8-11H2,1-5H3,(H,20,24). The van der Waals surface area contributed by atoms with E-state index in [4.69, 9.17) is 0 Å². The summed E-state index contributed by atoms with van der Waals surface area (Å²) < 4.78 is 0. The molecule has 8 heteroatoms. The van der Waals surface area contributed by atoms with E-state index in [-0.39, 0.29) is 29.1 Å². The fraction of sp³-hybridized carbons (Fsp3) is 0.579. The maximum atomic E-state index is 12.4. The molecule has 0 bridgehead atoms. The number of nitro benzene ring substituents is 1. The monoisotopic (exact) mass is 376 g/mol. The number of nitrogens with zero attached hydrogens (tertiary/aromatic N) is 3. The van der Waals surface area contributed by atoms with Crippen LogP contribution in [0.1, 0.15) is 45.0 Å². The maximum absolute atomic E-state index is 12.4. The molecule has 1 aromatic rings. The lowest BCUT2D eigenvalue weighted by Crippen LogP contribution is -2.51. The Morgan fingerprint density at radius 1 is 1.15 bits per heavy atom. The largest absolute Gasteiger partial charge is 0.362 e. The van der Waals surface area contributed by atoms with E-state index in [0.717, 1.165) is 0 Å². The first kappa shape index (κ1) is 20.7. The SMILES string of the molecule is CC(C)NC(=O)c1ccc(N2CCN(C(=O)C(C)(C)C)CC2)c([N+](=O)[O-])c1. The van der Waals surface area contributed by atoms with Crippen molar-refractivity contribution in [3.8, 4) is 0 Å². The van der Waals surface area contributed by atoms with Gasteiger partial charge in [0, 0.05) is 49.3 Å². The van der Waals surface area contributed by atoms with Crippen molar-refractivity contribution in [3.63, 3.8) is 0 Å². The summed E-state index contributed by atoms with van der Waals surface area (Å²) in [6, 6.07) is 4.49. The quantitative estimate of drug-likeness (QED) is 0.643. The second kappa shape index (κ2) is 7.94. The zero-order valence-corrected chi connectivity index (χ0v) is 16.6. The third-order valence-corrected chi connectivity index (χ3v) is 4.40. The molecule has 2 rings (SSSR count). The molecule has 0 aromatic heterocycles. The van der Waals surface area contributed by atoms with Gasteiger partial charge in [-0.05, 0) is 26.0 Å².